The second-order valence-corrected chi connectivity index (χ2v) is 7.30. The van der Waals surface area contributed by atoms with E-state index in [-0.39, 0.29) is 17.6 Å². The molecule has 4 rings (SSSR count). The van der Waals surface area contributed by atoms with Gasteiger partial charge in [0.25, 0.3) is 5.91 Å². The van der Waals surface area contributed by atoms with Crippen LogP contribution in [0.4, 0.5) is 0 Å². The normalized spacial score (nSPS) is 20.3. The highest BCUT2D eigenvalue weighted by Gasteiger charge is 2.46. The van der Waals surface area contributed by atoms with Crippen LogP contribution < -0.4 is 5.32 Å². The highest BCUT2D eigenvalue weighted by molar-refractivity contribution is 5.93. The van der Waals surface area contributed by atoms with Crippen LogP contribution in [0, 0.1) is 0 Å². The molecule has 142 valence electrons. The van der Waals surface area contributed by atoms with Crippen LogP contribution in [0.5, 0.6) is 0 Å². The van der Waals surface area contributed by atoms with Gasteiger partial charge in [0.05, 0.1) is 0 Å². The predicted molar refractivity (Wildman–Crippen MR) is 100 cm³/mol. The first-order valence-corrected chi connectivity index (χ1v) is 9.41. The molecule has 0 saturated carbocycles. The van der Waals surface area contributed by atoms with Gasteiger partial charge in [0.1, 0.15) is 11.2 Å². The molecule has 1 N–H and O–H groups in total. The number of nitrogens with one attached hydrogen (secondary N) is 1. The Morgan fingerprint density at radius 3 is 2.67 bits per heavy atom. The first kappa shape index (κ1) is 17.7. The monoisotopic (exact) mass is 368 g/mol. The number of hydrogen-bond donors (Lipinski definition) is 1. The minimum atomic E-state index is -0.510. The fourth-order valence-electron chi connectivity index (χ4n) is 4.04. The van der Waals surface area contributed by atoms with Crippen molar-refractivity contribution in [3.05, 3.63) is 42.2 Å². The lowest BCUT2D eigenvalue weighted by Crippen LogP contribution is -2.61. The Morgan fingerprint density at radius 2 is 1.93 bits per heavy atom. The van der Waals surface area contributed by atoms with Crippen LogP contribution in [0.2, 0.25) is 0 Å². The Hall–Kier alpha value is -2.67. The van der Waals surface area contributed by atoms with E-state index >= 15 is 0 Å². The van der Waals surface area contributed by atoms with E-state index in [2.05, 4.69) is 15.4 Å². The third-order valence-corrected chi connectivity index (χ3v) is 5.78. The molecule has 0 unspecified atom stereocenters. The zero-order chi connectivity index (χ0) is 18.9. The van der Waals surface area contributed by atoms with E-state index in [0.29, 0.717) is 38.2 Å². The number of amides is 2. The van der Waals surface area contributed by atoms with Crippen LogP contribution in [0.1, 0.15) is 29.8 Å². The van der Waals surface area contributed by atoms with E-state index in [0.717, 1.165) is 18.5 Å². The molecule has 3 heterocycles. The van der Waals surface area contributed by atoms with Gasteiger partial charge in [0, 0.05) is 37.8 Å². The molecule has 7 nitrogen and oxygen atoms in total. The van der Waals surface area contributed by atoms with E-state index < -0.39 is 5.54 Å². The molecule has 1 aromatic carbocycles. The number of piperidine rings is 1. The van der Waals surface area contributed by atoms with Crippen molar-refractivity contribution in [1.82, 2.24) is 20.3 Å². The van der Waals surface area contributed by atoms with E-state index in [1.165, 1.54) is 0 Å². The third-order valence-electron chi connectivity index (χ3n) is 5.78. The average Bonchev–Trinajstić information content (AvgIpc) is 3.16. The summed E-state index contributed by atoms with van der Waals surface area (Å²) in [7, 11) is 2.00. The fraction of sp³-hybridized carbons (Fsp3) is 0.450. The summed E-state index contributed by atoms with van der Waals surface area (Å²) in [5.41, 5.74) is 1.05. The van der Waals surface area contributed by atoms with Gasteiger partial charge in [-0.25, -0.2) is 0 Å². The fourth-order valence-corrected chi connectivity index (χ4v) is 4.04. The van der Waals surface area contributed by atoms with Gasteiger partial charge in [-0.3, -0.25) is 14.5 Å². The van der Waals surface area contributed by atoms with Gasteiger partial charge in [0.2, 0.25) is 11.7 Å². The van der Waals surface area contributed by atoms with E-state index in [4.69, 9.17) is 4.52 Å². The number of rotatable bonds is 2. The molecule has 0 bridgehead atoms. The number of aromatic nitrogens is 1. The third kappa shape index (κ3) is 3.23. The van der Waals surface area contributed by atoms with Gasteiger partial charge in [-0.15, -0.1) is 0 Å². The standard InChI is InChI=1S/C20H24N4O3/c1-23-11-5-10-21-19(26)20(23)8-12-24(13-9-20)18(25)17-14-16(22-27-17)15-6-3-2-4-7-15/h2-4,6-7,14H,5,8-13H2,1H3,(H,21,26). The van der Waals surface area contributed by atoms with Gasteiger partial charge < -0.3 is 14.7 Å². The molecule has 2 aliphatic heterocycles. The Bertz CT molecular complexity index is 825. The molecular weight excluding hydrogens is 344 g/mol. The minimum absolute atomic E-state index is 0.0839. The molecule has 2 amide bonds. The summed E-state index contributed by atoms with van der Waals surface area (Å²) >= 11 is 0. The van der Waals surface area contributed by atoms with E-state index in [1.807, 2.05) is 37.4 Å². The zero-order valence-electron chi connectivity index (χ0n) is 15.5. The van der Waals surface area contributed by atoms with E-state index in [1.54, 1.807) is 11.0 Å². The van der Waals surface area contributed by atoms with Crippen LogP contribution >= 0.6 is 0 Å². The Balaban J connectivity index is 1.46. The van der Waals surface area contributed by atoms with Gasteiger partial charge in [-0.1, -0.05) is 35.5 Å². The van der Waals surface area contributed by atoms with Gasteiger partial charge >= 0.3 is 0 Å². The number of carbonyl (C=O) groups is 2. The number of likely N-dealkylation sites (N-methyl/N-ethyl adjacent to an activating group) is 1. The second kappa shape index (κ2) is 7.15. The SMILES string of the molecule is CN1CCCNC(=O)C12CCN(C(=O)c1cc(-c3ccccc3)no1)CC2. The number of likely N-dealkylation sites (tertiary alicyclic amines) is 1. The van der Waals surface area contributed by atoms with Crippen molar-refractivity contribution in [3.8, 4) is 11.3 Å². The van der Waals surface area contributed by atoms with Crippen molar-refractivity contribution in [2.45, 2.75) is 24.8 Å². The van der Waals surface area contributed by atoms with E-state index in [9.17, 15) is 9.59 Å². The predicted octanol–water partition coefficient (Wildman–Crippen LogP) is 1.77. The first-order valence-electron chi connectivity index (χ1n) is 9.41. The maximum atomic E-state index is 12.8. The Morgan fingerprint density at radius 1 is 1.19 bits per heavy atom. The summed E-state index contributed by atoms with van der Waals surface area (Å²) < 4.78 is 5.30. The van der Waals surface area contributed by atoms with Crippen LogP contribution in [-0.2, 0) is 4.79 Å². The van der Waals surface area contributed by atoms with Crippen molar-refractivity contribution in [2.75, 3.05) is 33.2 Å². The number of carbonyl (C=O) groups excluding carboxylic acids is 2. The summed E-state index contributed by atoms with van der Waals surface area (Å²) in [6, 6.07) is 11.3. The lowest BCUT2D eigenvalue weighted by molar-refractivity contribution is -0.134. The average molecular weight is 368 g/mol. The summed E-state index contributed by atoms with van der Waals surface area (Å²) in [6.45, 7) is 2.65. The molecule has 0 atom stereocenters. The molecule has 0 aliphatic carbocycles. The highest BCUT2D eigenvalue weighted by atomic mass is 16.5. The molecule has 1 spiro atoms. The van der Waals surface area contributed by atoms with Crippen molar-refractivity contribution >= 4 is 11.8 Å². The van der Waals surface area contributed by atoms with Crippen LogP contribution in [0.25, 0.3) is 11.3 Å². The number of hydrogen-bond acceptors (Lipinski definition) is 5. The number of benzene rings is 1. The first-order chi connectivity index (χ1) is 13.1. The minimum Gasteiger partial charge on any atom is -0.354 e. The Labute approximate surface area is 158 Å². The zero-order valence-corrected chi connectivity index (χ0v) is 15.5. The quantitative estimate of drug-likeness (QED) is 0.874. The van der Waals surface area contributed by atoms with Gasteiger partial charge in [-0.05, 0) is 26.3 Å². The maximum Gasteiger partial charge on any atom is 0.292 e. The second-order valence-electron chi connectivity index (χ2n) is 7.30. The smallest absolute Gasteiger partial charge is 0.292 e. The molecule has 2 aromatic rings. The molecule has 2 aliphatic rings. The highest BCUT2D eigenvalue weighted by Crippen LogP contribution is 2.31. The van der Waals surface area contributed by atoms with Crippen molar-refractivity contribution in [2.24, 2.45) is 0 Å². The maximum absolute atomic E-state index is 12.8. The summed E-state index contributed by atoms with van der Waals surface area (Å²) in [5.74, 6) is 0.153. The van der Waals surface area contributed by atoms with Crippen LogP contribution in [-0.4, -0.2) is 65.5 Å². The molecule has 27 heavy (non-hydrogen) atoms. The Kier molecular flexibility index (Phi) is 4.70. The molecule has 7 heteroatoms. The van der Waals surface area contributed by atoms with Crippen molar-refractivity contribution in [1.29, 1.82) is 0 Å². The summed E-state index contributed by atoms with van der Waals surface area (Å²) in [4.78, 5) is 29.4. The molecule has 1 aromatic heterocycles. The van der Waals surface area contributed by atoms with Crippen LogP contribution in [0.3, 0.4) is 0 Å². The molecule has 2 fully saturated rings. The molecule has 0 radical (unpaired) electrons. The summed E-state index contributed by atoms with van der Waals surface area (Å²) in [6.07, 6.45) is 2.20. The van der Waals surface area contributed by atoms with Crippen molar-refractivity contribution < 1.29 is 14.1 Å². The summed E-state index contributed by atoms with van der Waals surface area (Å²) in [5, 5.41) is 7.05. The molecule has 2 saturated heterocycles. The lowest BCUT2D eigenvalue weighted by atomic mass is 9.85. The van der Waals surface area contributed by atoms with Crippen LogP contribution in [0.15, 0.2) is 40.9 Å². The topological polar surface area (TPSA) is 78.7 Å². The van der Waals surface area contributed by atoms with Crippen molar-refractivity contribution in [3.63, 3.8) is 0 Å². The largest absolute Gasteiger partial charge is 0.354 e. The van der Waals surface area contributed by atoms with Gasteiger partial charge in [0.15, 0.2) is 0 Å². The van der Waals surface area contributed by atoms with Gasteiger partial charge in [-0.2, -0.15) is 0 Å². The number of nitrogens with zero attached hydrogens (tertiary/aromatic N) is 3. The lowest BCUT2D eigenvalue weighted by Gasteiger charge is -2.44. The molecular formula is C20H24N4O3.